The summed E-state index contributed by atoms with van der Waals surface area (Å²) in [5, 5.41) is 2.49. The fourth-order valence-corrected chi connectivity index (χ4v) is 6.74. The Kier molecular flexibility index (Phi) is 7.09. The van der Waals surface area contributed by atoms with Crippen LogP contribution >= 0.6 is 11.3 Å². The van der Waals surface area contributed by atoms with Gasteiger partial charge in [0.2, 0.25) is 0 Å². The van der Waals surface area contributed by atoms with Crippen molar-refractivity contribution < 1.29 is 22.6 Å². The summed E-state index contributed by atoms with van der Waals surface area (Å²) in [7, 11) is -0.505. The van der Waals surface area contributed by atoms with Crippen molar-refractivity contribution in [1.29, 1.82) is 0 Å². The molecular weight excluding hydrogens is 460 g/mol. The lowest BCUT2D eigenvalue weighted by Crippen LogP contribution is -2.39. The molecule has 0 radical (unpaired) electrons. The van der Waals surface area contributed by atoms with Crippen LogP contribution in [-0.2, 0) is 9.84 Å². The molecule has 1 fully saturated rings. The molecule has 0 N–H and O–H groups in total. The van der Waals surface area contributed by atoms with Crippen molar-refractivity contribution in [1.82, 2.24) is 4.98 Å². The number of methoxy groups -OCH3 is 2. The molecular formula is C24H28N2O5S2. The number of rotatable bonds is 8. The third-order valence-electron chi connectivity index (χ3n) is 5.78. The maximum Gasteiger partial charge on any atom is 0.185 e. The van der Waals surface area contributed by atoms with E-state index < -0.39 is 15.1 Å². The zero-order valence-corrected chi connectivity index (χ0v) is 20.6. The van der Waals surface area contributed by atoms with Crippen LogP contribution in [0.25, 0.3) is 11.3 Å². The van der Waals surface area contributed by atoms with Gasteiger partial charge in [0.05, 0.1) is 31.8 Å². The predicted molar refractivity (Wildman–Crippen MR) is 131 cm³/mol. The van der Waals surface area contributed by atoms with Crippen molar-refractivity contribution >= 4 is 26.3 Å². The lowest BCUT2D eigenvalue weighted by molar-refractivity contribution is 0.340. The molecule has 4 rings (SSSR count). The number of thiazole rings is 1. The third kappa shape index (κ3) is 4.94. The van der Waals surface area contributed by atoms with E-state index >= 15 is 0 Å². The highest BCUT2D eigenvalue weighted by Crippen LogP contribution is 2.35. The van der Waals surface area contributed by atoms with E-state index in [1.807, 2.05) is 36.6 Å². The number of benzene rings is 2. The quantitative estimate of drug-likeness (QED) is 0.456. The molecule has 7 nitrogen and oxygen atoms in total. The minimum absolute atomic E-state index is 0.219. The number of anilines is 1. The second-order valence-electron chi connectivity index (χ2n) is 7.72. The van der Waals surface area contributed by atoms with E-state index in [1.165, 1.54) is 7.11 Å². The fraction of sp³-hybridized carbons (Fsp3) is 0.375. The van der Waals surface area contributed by atoms with Gasteiger partial charge >= 0.3 is 0 Å². The summed E-state index contributed by atoms with van der Waals surface area (Å²) in [4.78, 5) is 7.18. The van der Waals surface area contributed by atoms with Crippen molar-refractivity contribution in [2.75, 3.05) is 38.8 Å². The number of piperidine rings is 1. The average Bonchev–Trinajstić information content (AvgIpc) is 3.34. The normalized spacial score (nSPS) is 14.8. The van der Waals surface area contributed by atoms with Crippen LogP contribution in [-0.4, -0.2) is 52.6 Å². The molecule has 0 unspecified atom stereocenters. The Morgan fingerprint density at radius 3 is 2.36 bits per heavy atom. The van der Waals surface area contributed by atoms with Crippen LogP contribution in [0.1, 0.15) is 19.8 Å². The first kappa shape index (κ1) is 23.4. The molecule has 0 aliphatic carbocycles. The third-order valence-corrected chi connectivity index (χ3v) is 8.98. The van der Waals surface area contributed by atoms with E-state index in [4.69, 9.17) is 19.2 Å². The topological polar surface area (TPSA) is 78.0 Å². The minimum Gasteiger partial charge on any atom is -0.497 e. The number of ether oxygens (including phenoxy) is 3. The monoisotopic (exact) mass is 488 g/mol. The Hall–Kier alpha value is -2.78. The number of nitrogens with zero attached hydrogens (tertiary/aromatic N) is 2. The number of hydrogen-bond donors (Lipinski definition) is 0. The first-order valence-electron chi connectivity index (χ1n) is 10.9. The van der Waals surface area contributed by atoms with Gasteiger partial charge in [-0.15, -0.1) is 11.3 Å². The van der Waals surface area contributed by atoms with Crippen molar-refractivity contribution in [3.63, 3.8) is 0 Å². The summed E-state index contributed by atoms with van der Waals surface area (Å²) in [6.45, 7) is 3.87. The molecule has 2 heterocycles. The van der Waals surface area contributed by atoms with Crippen LogP contribution in [0.15, 0.2) is 52.7 Å². The molecule has 1 aliphatic rings. The number of aromatic nitrogens is 1. The Bertz CT molecular complexity index is 1180. The van der Waals surface area contributed by atoms with E-state index in [0.29, 0.717) is 44.0 Å². The Morgan fingerprint density at radius 1 is 1.03 bits per heavy atom. The van der Waals surface area contributed by atoms with Crippen molar-refractivity contribution in [2.45, 2.75) is 29.9 Å². The second kappa shape index (κ2) is 10.0. The largest absolute Gasteiger partial charge is 0.497 e. The molecule has 33 heavy (non-hydrogen) atoms. The summed E-state index contributed by atoms with van der Waals surface area (Å²) in [6, 6.07) is 12.7. The Morgan fingerprint density at radius 2 is 1.73 bits per heavy atom. The van der Waals surface area contributed by atoms with Crippen LogP contribution in [0.4, 0.5) is 5.13 Å². The molecule has 0 spiro atoms. The van der Waals surface area contributed by atoms with Gasteiger partial charge in [0.25, 0.3) is 0 Å². The molecule has 2 aromatic carbocycles. The van der Waals surface area contributed by atoms with Crippen LogP contribution in [0.2, 0.25) is 0 Å². The molecule has 0 amide bonds. The smallest absolute Gasteiger partial charge is 0.185 e. The molecule has 176 valence electrons. The van der Waals surface area contributed by atoms with Crippen molar-refractivity contribution in [3.8, 4) is 28.5 Å². The van der Waals surface area contributed by atoms with Crippen LogP contribution in [0.3, 0.4) is 0 Å². The van der Waals surface area contributed by atoms with Crippen molar-refractivity contribution in [2.24, 2.45) is 0 Å². The lowest BCUT2D eigenvalue weighted by atomic mass is 10.1. The molecule has 9 heteroatoms. The van der Waals surface area contributed by atoms with E-state index in [1.54, 1.807) is 36.6 Å². The standard InChI is InChI=1S/C24H28N2O5S2/c1-4-31-18-7-5-17(6-8-18)21-16-32-24(25-21)26-13-11-20(12-14-26)33(27,28)23-10-9-19(29-2)15-22(23)30-3/h5-10,15-16,20H,4,11-14H2,1-3H3. The maximum atomic E-state index is 13.3. The first-order valence-corrected chi connectivity index (χ1v) is 13.3. The molecule has 1 saturated heterocycles. The first-order chi connectivity index (χ1) is 16.0. The SMILES string of the molecule is CCOc1ccc(-c2csc(N3CCC(S(=O)(=O)c4ccc(OC)cc4OC)CC3)n2)cc1. The Balaban J connectivity index is 1.44. The van der Waals surface area contributed by atoms with Gasteiger partial charge in [0, 0.05) is 30.1 Å². The average molecular weight is 489 g/mol. The minimum atomic E-state index is -3.52. The summed E-state index contributed by atoms with van der Waals surface area (Å²) in [5.41, 5.74) is 1.95. The summed E-state index contributed by atoms with van der Waals surface area (Å²) >= 11 is 1.58. The molecule has 1 aliphatic heterocycles. The number of hydrogen-bond acceptors (Lipinski definition) is 8. The molecule has 0 saturated carbocycles. The van der Waals surface area contributed by atoms with Gasteiger partial charge in [0.15, 0.2) is 15.0 Å². The molecule has 0 atom stereocenters. The van der Waals surface area contributed by atoms with Crippen LogP contribution in [0.5, 0.6) is 17.2 Å². The van der Waals surface area contributed by atoms with Gasteiger partial charge in [-0.1, -0.05) is 0 Å². The van der Waals surface area contributed by atoms with Crippen molar-refractivity contribution in [3.05, 3.63) is 47.8 Å². The zero-order valence-electron chi connectivity index (χ0n) is 19.0. The molecule has 1 aromatic heterocycles. The molecule has 3 aromatic rings. The summed E-state index contributed by atoms with van der Waals surface area (Å²) < 4.78 is 42.6. The predicted octanol–water partition coefficient (Wildman–Crippen LogP) is 4.67. The maximum absolute atomic E-state index is 13.3. The summed E-state index contributed by atoms with van der Waals surface area (Å²) in [5.74, 6) is 1.72. The van der Waals surface area contributed by atoms with Gasteiger partial charge in [-0.2, -0.15) is 0 Å². The zero-order chi connectivity index (χ0) is 23.4. The van der Waals surface area contributed by atoms with Crippen LogP contribution < -0.4 is 19.1 Å². The van der Waals surface area contributed by atoms with Gasteiger partial charge in [-0.3, -0.25) is 0 Å². The van der Waals surface area contributed by atoms with E-state index in [-0.39, 0.29) is 4.90 Å². The van der Waals surface area contributed by atoms with Gasteiger partial charge in [-0.05, 0) is 56.2 Å². The van der Waals surface area contributed by atoms with Crippen LogP contribution in [0, 0.1) is 0 Å². The highest BCUT2D eigenvalue weighted by atomic mass is 32.2. The number of sulfone groups is 1. The van der Waals surface area contributed by atoms with E-state index in [9.17, 15) is 8.42 Å². The Labute approximate surface area is 198 Å². The lowest BCUT2D eigenvalue weighted by Gasteiger charge is -2.31. The fourth-order valence-electron chi connectivity index (χ4n) is 3.98. The summed E-state index contributed by atoms with van der Waals surface area (Å²) in [6.07, 6.45) is 1.07. The van der Waals surface area contributed by atoms with Gasteiger partial charge < -0.3 is 19.1 Å². The van der Waals surface area contributed by atoms with E-state index in [0.717, 1.165) is 22.1 Å². The molecule has 0 bridgehead atoms. The van der Waals surface area contributed by atoms with Gasteiger partial charge in [-0.25, -0.2) is 13.4 Å². The highest BCUT2D eigenvalue weighted by Gasteiger charge is 2.34. The van der Waals surface area contributed by atoms with Gasteiger partial charge in [0.1, 0.15) is 22.1 Å². The highest BCUT2D eigenvalue weighted by molar-refractivity contribution is 7.92. The second-order valence-corrected chi connectivity index (χ2v) is 10.8. The van der Waals surface area contributed by atoms with E-state index in [2.05, 4.69) is 4.90 Å².